The number of nitrogens with zero attached hydrogens (tertiary/aromatic N) is 5. The van der Waals surface area contributed by atoms with Crippen LogP contribution in [0.15, 0.2) is 12.4 Å². The molecular formula is C17H30N6O. The van der Waals surface area contributed by atoms with Crippen molar-refractivity contribution in [3.05, 3.63) is 12.4 Å². The van der Waals surface area contributed by atoms with Crippen LogP contribution in [0.4, 0.5) is 10.5 Å². The molecule has 1 atom stereocenters. The van der Waals surface area contributed by atoms with E-state index in [-0.39, 0.29) is 6.03 Å². The monoisotopic (exact) mass is 334 g/mol. The van der Waals surface area contributed by atoms with E-state index >= 15 is 0 Å². The summed E-state index contributed by atoms with van der Waals surface area (Å²) in [4.78, 5) is 19.4. The first kappa shape index (κ1) is 17.2. The van der Waals surface area contributed by atoms with Crippen LogP contribution in [0.25, 0.3) is 0 Å². The Hall–Kier alpha value is -1.60. The minimum Gasteiger partial charge on any atom is -0.323 e. The Labute approximate surface area is 144 Å². The Morgan fingerprint density at radius 2 is 2.04 bits per heavy atom. The van der Waals surface area contributed by atoms with Crippen LogP contribution in [0.3, 0.4) is 0 Å². The summed E-state index contributed by atoms with van der Waals surface area (Å²) in [5, 5.41) is 7.24. The number of piperazine rings is 1. The van der Waals surface area contributed by atoms with E-state index in [1.54, 1.807) is 6.20 Å². The molecule has 0 spiro atoms. The molecule has 2 aliphatic rings. The predicted octanol–water partition coefficient (Wildman–Crippen LogP) is 1.54. The van der Waals surface area contributed by atoms with Gasteiger partial charge in [-0.2, -0.15) is 5.10 Å². The summed E-state index contributed by atoms with van der Waals surface area (Å²) in [6.45, 7) is 12.6. The highest BCUT2D eigenvalue weighted by molar-refractivity contribution is 5.89. The van der Waals surface area contributed by atoms with Crippen molar-refractivity contribution < 1.29 is 4.79 Å². The van der Waals surface area contributed by atoms with Crippen LogP contribution >= 0.6 is 0 Å². The third kappa shape index (κ3) is 4.08. The molecule has 3 heterocycles. The Morgan fingerprint density at radius 1 is 1.25 bits per heavy atom. The molecule has 1 aromatic heterocycles. The molecule has 2 aliphatic heterocycles. The van der Waals surface area contributed by atoms with Gasteiger partial charge < -0.3 is 15.1 Å². The summed E-state index contributed by atoms with van der Waals surface area (Å²) < 4.78 is 1.87. The normalized spacial score (nSPS) is 22.9. The number of rotatable bonds is 5. The van der Waals surface area contributed by atoms with Gasteiger partial charge in [-0.1, -0.05) is 13.8 Å². The van der Waals surface area contributed by atoms with E-state index in [9.17, 15) is 4.79 Å². The first-order chi connectivity index (χ1) is 11.7. The molecule has 134 valence electrons. The van der Waals surface area contributed by atoms with Crippen LogP contribution < -0.4 is 5.32 Å². The second-order valence-electron chi connectivity index (χ2n) is 6.78. The molecule has 1 aromatic rings. The van der Waals surface area contributed by atoms with Crippen LogP contribution in [-0.2, 0) is 6.54 Å². The number of aryl methyl sites for hydroxylation is 1. The summed E-state index contributed by atoms with van der Waals surface area (Å²) in [7, 11) is 0. The Kier molecular flexibility index (Phi) is 5.73. The quantitative estimate of drug-likeness (QED) is 0.887. The fourth-order valence-corrected chi connectivity index (χ4v) is 3.65. The summed E-state index contributed by atoms with van der Waals surface area (Å²) in [6.07, 6.45) is 5.74. The van der Waals surface area contributed by atoms with Gasteiger partial charge in [0.15, 0.2) is 0 Å². The maximum Gasteiger partial charge on any atom is 0.321 e. The van der Waals surface area contributed by atoms with E-state index in [2.05, 4.69) is 34.1 Å². The molecule has 7 heteroatoms. The largest absolute Gasteiger partial charge is 0.323 e. The van der Waals surface area contributed by atoms with Crippen molar-refractivity contribution in [1.82, 2.24) is 24.5 Å². The number of aromatic nitrogens is 2. The number of carbonyl (C=O) groups excluding carboxylic acids is 1. The van der Waals surface area contributed by atoms with Gasteiger partial charge in [0.2, 0.25) is 0 Å². The summed E-state index contributed by atoms with van der Waals surface area (Å²) in [5.41, 5.74) is 0.786. The van der Waals surface area contributed by atoms with Crippen molar-refractivity contribution in [2.75, 3.05) is 51.1 Å². The number of likely N-dealkylation sites (tertiary alicyclic amines) is 1. The lowest BCUT2D eigenvalue weighted by Gasteiger charge is -2.37. The standard InChI is InChI=1S/C17H30N6O/c1-3-6-23-13-15(12-18-23)19-17(24)22-7-5-16(14-22)21-10-8-20(4-2)9-11-21/h12-13,16H,3-11,14H2,1-2H3,(H,19,24). The minimum absolute atomic E-state index is 0.000688. The average molecular weight is 334 g/mol. The molecule has 1 unspecified atom stereocenters. The average Bonchev–Trinajstić information content (AvgIpc) is 3.25. The number of carbonyl (C=O) groups is 1. The SMILES string of the molecule is CCCn1cc(NC(=O)N2CCC(N3CCN(CC)CC3)C2)cn1. The van der Waals surface area contributed by atoms with Crippen molar-refractivity contribution in [2.24, 2.45) is 0 Å². The number of likely N-dealkylation sites (N-methyl/N-ethyl adjacent to an activating group) is 1. The van der Waals surface area contributed by atoms with Crippen molar-refractivity contribution in [1.29, 1.82) is 0 Å². The van der Waals surface area contributed by atoms with Crippen LogP contribution in [0.5, 0.6) is 0 Å². The van der Waals surface area contributed by atoms with E-state index in [1.807, 2.05) is 15.8 Å². The van der Waals surface area contributed by atoms with Crippen molar-refractivity contribution in [2.45, 2.75) is 39.3 Å². The van der Waals surface area contributed by atoms with Crippen LogP contribution in [0.1, 0.15) is 26.7 Å². The fourth-order valence-electron chi connectivity index (χ4n) is 3.65. The maximum absolute atomic E-state index is 12.5. The molecule has 2 fully saturated rings. The van der Waals surface area contributed by atoms with E-state index in [0.29, 0.717) is 6.04 Å². The van der Waals surface area contributed by atoms with Gasteiger partial charge in [0.05, 0.1) is 11.9 Å². The van der Waals surface area contributed by atoms with E-state index in [1.165, 1.54) is 0 Å². The predicted molar refractivity (Wildman–Crippen MR) is 95.2 cm³/mol. The van der Waals surface area contributed by atoms with Crippen molar-refractivity contribution in [3.63, 3.8) is 0 Å². The third-order valence-corrected chi connectivity index (χ3v) is 5.16. The Balaban J connectivity index is 1.47. The third-order valence-electron chi connectivity index (χ3n) is 5.16. The highest BCUT2D eigenvalue weighted by Gasteiger charge is 2.31. The second kappa shape index (κ2) is 7.98. The number of urea groups is 1. The minimum atomic E-state index is 0.000688. The van der Waals surface area contributed by atoms with Crippen LogP contribution in [0, 0.1) is 0 Å². The molecule has 0 aromatic carbocycles. The zero-order valence-corrected chi connectivity index (χ0v) is 14.9. The number of anilines is 1. The molecule has 0 bridgehead atoms. The Bertz CT molecular complexity index is 537. The highest BCUT2D eigenvalue weighted by atomic mass is 16.2. The van der Waals surface area contributed by atoms with E-state index < -0.39 is 0 Å². The van der Waals surface area contributed by atoms with Crippen molar-refractivity contribution >= 4 is 11.7 Å². The second-order valence-corrected chi connectivity index (χ2v) is 6.78. The van der Waals surface area contributed by atoms with Gasteiger partial charge in [-0.15, -0.1) is 0 Å². The van der Waals surface area contributed by atoms with E-state index in [4.69, 9.17) is 0 Å². The molecule has 2 saturated heterocycles. The van der Waals surface area contributed by atoms with Gasteiger partial charge in [0.1, 0.15) is 0 Å². The fraction of sp³-hybridized carbons (Fsp3) is 0.765. The van der Waals surface area contributed by atoms with E-state index in [0.717, 1.165) is 70.9 Å². The molecule has 2 amide bonds. The van der Waals surface area contributed by atoms with Gasteiger partial charge in [-0.3, -0.25) is 9.58 Å². The van der Waals surface area contributed by atoms with Gasteiger partial charge in [-0.25, -0.2) is 4.79 Å². The van der Waals surface area contributed by atoms with Gasteiger partial charge >= 0.3 is 6.03 Å². The Morgan fingerprint density at radius 3 is 2.75 bits per heavy atom. The number of nitrogens with one attached hydrogen (secondary N) is 1. The van der Waals surface area contributed by atoms with Gasteiger partial charge in [0, 0.05) is 58.1 Å². The number of hydrogen-bond donors (Lipinski definition) is 1. The molecule has 3 rings (SSSR count). The van der Waals surface area contributed by atoms with Crippen LogP contribution in [0.2, 0.25) is 0 Å². The molecule has 1 N–H and O–H groups in total. The maximum atomic E-state index is 12.5. The van der Waals surface area contributed by atoms with Crippen LogP contribution in [-0.4, -0.2) is 82.4 Å². The summed E-state index contributed by atoms with van der Waals surface area (Å²) in [5.74, 6) is 0. The zero-order chi connectivity index (χ0) is 16.9. The lowest BCUT2D eigenvalue weighted by atomic mass is 10.2. The van der Waals surface area contributed by atoms with Gasteiger partial charge in [0.25, 0.3) is 0 Å². The number of hydrogen-bond acceptors (Lipinski definition) is 4. The smallest absolute Gasteiger partial charge is 0.321 e. The van der Waals surface area contributed by atoms with Gasteiger partial charge in [-0.05, 0) is 19.4 Å². The molecule has 0 saturated carbocycles. The molecular weight excluding hydrogens is 304 g/mol. The zero-order valence-electron chi connectivity index (χ0n) is 14.9. The molecule has 0 aliphatic carbocycles. The summed E-state index contributed by atoms with van der Waals surface area (Å²) in [6, 6.07) is 0.512. The topological polar surface area (TPSA) is 56.6 Å². The molecule has 24 heavy (non-hydrogen) atoms. The first-order valence-corrected chi connectivity index (χ1v) is 9.24. The lowest BCUT2D eigenvalue weighted by molar-refractivity contribution is 0.103. The number of amides is 2. The lowest BCUT2D eigenvalue weighted by Crippen LogP contribution is -2.51. The molecule has 0 radical (unpaired) electrons. The first-order valence-electron chi connectivity index (χ1n) is 9.24. The van der Waals surface area contributed by atoms with Crippen molar-refractivity contribution in [3.8, 4) is 0 Å². The summed E-state index contributed by atoms with van der Waals surface area (Å²) >= 11 is 0. The highest BCUT2D eigenvalue weighted by Crippen LogP contribution is 2.18. The molecule has 7 nitrogen and oxygen atoms in total.